The van der Waals surface area contributed by atoms with E-state index in [0.29, 0.717) is 11.5 Å². The van der Waals surface area contributed by atoms with Crippen LogP contribution in [0.2, 0.25) is 0 Å². The molecule has 0 aromatic carbocycles. The maximum Gasteiger partial charge on any atom is 0.182 e. The molecule has 0 fully saturated rings. The van der Waals surface area contributed by atoms with Gasteiger partial charge in [0.15, 0.2) is 5.92 Å². The number of nitrogens with one attached hydrogen (secondary N) is 1. The van der Waals surface area contributed by atoms with Gasteiger partial charge >= 0.3 is 0 Å². The molecule has 0 aliphatic heterocycles. The first-order chi connectivity index (χ1) is 4.76. The zero-order valence-electron chi connectivity index (χ0n) is 5.59. The molecule has 0 amide bonds. The summed E-state index contributed by atoms with van der Waals surface area (Å²) in [6, 6.07) is 3.54. The molecular weight excluding hydrogens is 146 g/mol. The van der Waals surface area contributed by atoms with Gasteiger partial charge in [-0.1, -0.05) is 12.2 Å². The minimum atomic E-state index is -0.796. The average Bonchev–Trinajstić information content (AvgIpc) is 1.91. The fourth-order valence-electron chi connectivity index (χ4n) is 0.422. The molecular formula is C6H7N3S. The Kier molecular flexibility index (Phi) is 4.19. The monoisotopic (exact) mass is 153 g/mol. The largest absolute Gasteiger partial charge is 0.378 e. The summed E-state index contributed by atoms with van der Waals surface area (Å²) in [6.07, 6.45) is 0. The fraction of sp³-hybridized carbons (Fsp3) is 0.500. The van der Waals surface area contributed by atoms with Crippen molar-refractivity contribution in [3.05, 3.63) is 0 Å². The van der Waals surface area contributed by atoms with E-state index < -0.39 is 5.92 Å². The second-order valence-corrected chi connectivity index (χ2v) is 2.03. The number of hydrogen-bond donors (Lipinski definition) is 1. The Labute approximate surface area is 65.3 Å². The molecule has 1 N–H and O–H groups in total. The lowest BCUT2D eigenvalue weighted by Crippen LogP contribution is -2.26. The van der Waals surface area contributed by atoms with Gasteiger partial charge in [0.05, 0.1) is 12.1 Å². The van der Waals surface area contributed by atoms with E-state index in [1.54, 1.807) is 12.1 Å². The Balaban J connectivity index is 3.96. The van der Waals surface area contributed by atoms with Gasteiger partial charge in [-0.15, -0.1) is 0 Å². The van der Waals surface area contributed by atoms with E-state index in [9.17, 15) is 0 Å². The van der Waals surface area contributed by atoms with E-state index in [4.69, 9.17) is 22.7 Å². The third-order valence-electron chi connectivity index (χ3n) is 0.871. The van der Waals surface area contributed by atoms with Crippen molar-refractivity contribution < 1.29 is 0 Å². The van der Waals surface area contributed by atoms with Gasteiger partial charge in [0.1, 0.15) is 4.99 Å². The standard InChI is InChI=1S/C6H7N3S/c1-2-9-6(10)5(3-7)4-8/h5H,2H2,1H3,(H,9,10). The lowest BCUT2D eigenvalue weighted by molar-refractivity contribution is 0.937. The highest BCUT2D eigenvalue weighted by molar-refractivity contribution is 7.80. The molecule has 0 bridgehead atoms. The molecule has 0 rings (SSSR count). The highest BCUT2D eigenvalue weighted by atomic mass is 32.1. The van der Waals surface area contributed by atoms with Gasteiger partial charge < -0.3 is 5.32 Å². The van der Waals surface area contributed by atoms with Gasteiger partial charge in [0, 0.05) is 6.54 Å². The molecule has 0 heterocycles. The maximum absolute atomic E-state index is 8.32. The maximum atomic E-state index is 8.32. The van der Waals surface area contributed by atoms with Crippen LogP contribution in [0.5, 0.6) is 0 Å². The molecule has 0 saturated heterocycles. The third-order valence-corrected chi connectivity index (χ3v) is 1.25. The normalized spacial score (nSPS) is 8.00. The highest BCUT2D eigenvalue weighted by Crippen LogP contribution is 1.92. The molecule has 10 heavy (non-hydrogen) atoms. The Hall–Kier alpha value is -1.13. The minimum Gasteiger partial charge on any atom is -0.378 e. The van der Waals surface area contributed by atoms with Crippen molar-refractivity contribution in [3.8, 4) is 12.1 Å². The first-order valence-electron chi connectivity index (χ1n) is 2.83. The van der Waals surface area contributed by atoms with Crippen LogP contribution in [0.25, 0.3) is 0 Å². The lowest BCUT2D eigenvalue weighted by Gasteiger charge is -2.02. The molecule has 0 unspecified atom stereocenters. The van der Waals surface area contributed by atoms with E-state index in [0.717, 1.165) is 0 Å². The first-order valence-corrected chi connectivity index (χ1v) is 3.24. The van der Waals surface area contributed by atoms with Crippen molar-refractivity contribution in [1.29, 1.82) is 10.5 Å². The van der Waals surface area contributed by atoms with Crippen LogP contribution in [-0.2, 0) is 0 Å². The Morgan fingerprint density at radius 3 is 2.40 bits per heavy atom. The van der Waals surface area contributed by atoms with Crippen molar-refractivity contribution >= 4 is 17.2 Å². The van der Waals surface area contributed by atoms with Crippen LogP contribution in [0.1, 0.15) is 6.92 Å². The summed E-state index contributed by atoms with van der Waals surface area (Å²) in [7, 11) is 0. The van der Waals surface area contributed by atoms with E-state index >= 15 is 0 Å². The first kappa shape index (κ1) is 8.87. The van der Waals surface area contributed by atoms with Crippen molar-refractivity contribution in [2.45, 2.75) is 6.92 Å². The molecule has 4 heteroatoms. The summed E-state index contributed by atoms with van der Waals surface area (Å²) in [4.78, 5) is 0.313. The topological polar surface area (TPSA) is 59.6 Å². The molecule has 0 aliphatic rings. The second-order valence-electron chi connectivity index (χ2n) is 1.59. The van der Waals surface area contributed by atoms with Gasteiger partial charge in [-0.2, -0.15) is 10.5 Å². The van der Waals surface area contributed by atoms with Crippen LogP contribution in [0, 0.1) is 28.6 Å². The molecule has 0 aromatic heterocycles. The molecule has 0 spiro atoms. The summed E-state index contributed by atoms with van der Waals surface area (Å²) in [5, 5.41) is 19.4. The van der Waals surface area contributed by atoms with E-state index in [2.05, 4.69) is 5.32 Å². The molecule has 0 radical (unpaired) electrons. The number of thiocarbonyl (C=S) groups is 1. The van der Waals surface area contributed by atoms with Gasteiger partial charge in [-0.25, -0.2) is 0 Å². The Morgan fingerprint density at radius 2 is 2.10 bits per heavy atom. The predicted octanol–water partition coefficient (Wildman–Crippen LogP) is 0.587. The van der Waals surface area contributed by atoms with Crippen LogP contribution in [0.15, 0.2) is 0 Å². The van der Waals surface area contributed by atoms with Gasteiger partial charge in [-0.3, -0.25) is 0 Å². The number of nitrogens with zero attached hydrogens (tertiary/aromatic N) is 2. The molecule has 0 aliphatic carbocycles. The van der Waals surface area contributed by atoms with Crippen LogP contribution in [0.4, 0.5) is 0 Å². The number of hydrogen-bond acceptors (Lipinski definition) is 3. The SMILES string of the molecule is CCNC(=S)C(C#N)C#N. The smallest absolute Gasteiger partial charge is 0.182 e. The van der Waals surface area contributed by atoms with Crippen molar-refractivity contribution in [2.75, 3.05) is 6.54 Å². The third kappa shape index (κ3) is 2.43. The lowest BCUT2D eigenvalue weighted by atomic mass is 10.2. The zero-order valence-corrected chi connectivity index (χ0v) is 6.40. The van der Waals surface area contributed by atoms with Gasteiger partial charge in [0.25, 0.3) is 0 Å². The van der Waals surface area contributed by atoms with E-state index in [1.807, 2.05) is 6.92 Å². The van der Waals surface area contributed by atoms with Crippen LogP contribution < -0.4 is 5.32 Å². The van der Waals surface area contributed by atoms with Crippen LogP contribution in [0.3, 0.4) is 0 Å². The molecule has 52 valence electrons. The Bertz CT molecular complexity index is 184. The molecule has 0 saturated carbocycles. The molecule has 3 nitrogen and oxygen atoms in total. The van der Waals surface area contributed by atoms with Crippen molar-refractivity contribution in [3.63, 3.8) is 0 Å². The van der Waals surface area contributed by atoms with E-state index in [-0.39, 0.29) is 0 Å². The molecule has 0 aromatic rings. The minimum absolute atomic E-state index is 0.313. The molecule has 0 atom stereocenters. The van der Waals surface area contributed by atoms with Gasteiger partial charge in [0.2, 0.25) is 0 Å². The van der Waals surface area contributed by atoms with Crippen molar-refractivity contribution in [1.82, 2.24) is 5.32 Å². The summed E-state index contributed by atoms with van der Waals surface area (Å²) >= 11 is 4.72. The summed E-state index contributed by atoms with van der Waals surface area (Å²) in [5.74, 6) is -0.796. The number of nitriles is 2. The summed E-state index contributed by atoms with van der Waals surface area (Å²) < 4.78 is 0. The van der Waals surface area contributed by atoms with Gasteiger partial charge in [-0.05, 0) is 6.92 Å². The summed E-state index contributed by atoms with van der Waals surface area (Å²) in [6.45, 7) is 2.51. The average molecular weight is 153 g/mol. The zero-order chi connectivity index (χ0) is 7.98. The van der Waals surface area contributed by atoms with Crippen LogP contribution >= 0.6 is 12.2 Å². The number of rotatable bonds is 2. The second kappa shape index (κ2) is 4.72. The fourth-order valence-corrected chi connectivity index (χ4v) is 0.672. The predicted molar refractivity (Wildman–Crippen MR) is 41.0 cm³/mol. The summed E-state index contributed by atoms with van der Waals surface area (Å²) in [5.41, 5.74) is 0. The van der Waals surface area contributed by atoms with E-state index in [1.165, 1.54) is 0 Å². The quantitative estimate of drug-likeness (QED) is 0.590. The highest BCUT2D eigenvalue weighted by Gasteiger charge is 2.09. The van der Waals surface area contributed by atoms with Crippen molar-refractivity contribution in [2.24, 2.45) is 5.92 Å². The van der Waals surface area contributed by atoms with Crippen LogP contribution in [-0.4, -0.2) is 11.5 Å². The Morgan fingerprint density at radius 1 is 1.60 bits per heavy atom.